The largest absolute Gasteiger partial charge is 0.390 e. The van der Waals surface area contributed by atoms with Gasteiger partial charge in [-0.3, -0.25) is 0 Å². The third kappa shape index (κ3) is 10.7. The second-order valence-electron chi connectivity index (χ2n) is 5.91. The number of nitrogens with zero attached hydrogens (tertiary/aromatic N) is 2. The maximum absolute atomic E-state index is 9.82. The van der Waals surface area contributed by atoms with Gasteiger partial charge in [0.1, 0.15) is 0 Å². The summed E-state index contributed by atoms with van der Waals surface area (Å²) in [6.45, 7) is 6.88. The zero-order chi connectivity index (χ0) is 13.4. The highest BCUT2D eigenvalue weighted by Gasteiger charge is 2.13. The van der Waals surface area contributed by atoms with Gasteiger partial charge in [-0.05, 0) is 40.5 Å². The van der Waals surface area contributed by atoms with Gasteiger partial charge in [-0.15, -0.1) is 0 Å². The van der Waals surface area contributed by atoms with Crippen molar-refractivity contribution in [2.24, 2.45) is 5.92 Å². The quantitative estimate of drug-likeness (QED) is 0.619. The molecule has 0 aromatic rings. The summed E-state index contributed by atoms with van der Waals surface area (Å²) >= 11 is 0. The molecule has 0 aliphatic rings. The number of hydrogen-bond donors (Lipinski definition) is 2. The molecular formula is C13H31N3O. The summed E-state index contributed by atoms with van der Waals surface area (Å²) in [6.07, 6.45) is 0.856. The van der Waals surface area contributed by atoms with Gasteiger partial charge in [0, 0.05) is 25.7 Å². The van der Waals surface area contributed by atoms with Crippen molar-refractivity contribution in [1.82, 2.24) is 15.1 Å². The highest BCUT2D eigenvalue weighted by molar-refractivity contribution is 4.74. The summed E-state index contributed by atoms with van der Waals surface area (Å²) < 4.78 is 0. The zero-order valence-corrected chi connectivity index (χ0v) is 12.4. The molecule has 4 heteroatoms. The van der Waals surface area contributed by atoms with E-state index < -0.39 is 0 Å². The Morgan fingerprint density at radius 1 is 1.00 bits per heavy atom. The Labute approximate surface area is 107 Å². The number of aliphatic hydroxyl groups excluding tert-OH is 1. The fourth-order valence-corrected chi connectivity index (χ4v) is 2.02. The number of likely N-dealkylation sites (N-methyl/N-ethyl adjacent to an activating group) is 2. The van der Waals surface area contributed by atoms with Crippen molar-refractivity contribution in [2.45, 2.75) is 32.4 Å². The van der Waals surface area contributed by atoms with Crippen molar-refractivity contribution in [3.05, 3.63) is 0 Å². The molecule has 2 N–H and O–H groups in total. The molecule has 0 spiro atoms. The van der Waals surface area contributed by atoms with E-state index in [4.69, 9.17) is 0 Å². The Balaban J connectivity index is 3.97. The Hall–Kier alpha value is -0.160. The van der Waals surface area contributed by atoms with E-state index >= 15 is 0 Å². The van der Waals surface area contributed by atoms with Crippen LogP contribution in [0.1, 0.15) is 20.3 Å². The second-order valence-corrected chi connectivity index (χ2v) is 5.91. The first-order chi connectivity index (χ1) is 7.81. The molecule has 0 rings (SSSR count). The van der Waals surface area contributed by atoms with Gasteiger partial charge in [0.05, 0.1) is 6.10 Å². The van der Waals surface area contributed by atoms with E-state index in [0.717, 1.165) is 13.0 Å². The molecule has 0 heterocycles. The van der Waals surface area contributed by atoms with Gasteiger partial charge in [-0.25, -0.2) is 0 Å². The fourth-order valence-electron chi connectivity index (χ4n) is 2.02. The van der Waals surface area contributed by atoms with E-state index in [1.165, 1.54) is 0 Å². The van der Waals surface area contributed by atoms with Crippen LogP contribution in [0.5, 0.6) is 0 Å². The Morgan fingerprint density at radius 2 is 1.53 bits per heavy atom. The molecule has 0 aliphatic carbocycles. The first-order valence-electron chi connectivity index (χ1n) is 6.52. The monoisotopic (exact) mass is 245 g/mol. The molecule has 0 saturated heterocycles. The first-order valence-corrected chi connectivity index (χ1v) is 6.52. The summed E-state index contributed by atoms with van der Waals surface area (Å²) in [5.74, 6) is 0.679. The van der Waals surface area contributed by atoms with Crippen molar-refractivity contribution in [3.8, 4) is 0 Å². The molecule has 4 nitrogen and oxygen atoms in total. The highest BCUT2D eigenvalue weighted by atomic mass is 16.3. The van der Waals surface area contributed by atoms with Crippen LogP contribution in [0.3, 0.4) is 0 Å². The molecule has 0 bridgehead atoms. The Bertz CT molecular complexity index is 174. The van der Waals surface area contributed by atoms with Gasteiger partial charge >= 0.3 is 0 Å². The van der Waals surface area contributed by atoms with E-state index in [9.17, 15) is 5.11 Å². The third-order valence-electron chi connectivity index (χ3n) is 2.56. The van der Waals surface area contributed by atoms with Crippen LogP contribution in [-0.4, -0.2) is 74.9 Å². The van der Waals surface area contributed by atoms with Crippen LogP contribution in [0.2, 0.25) is 0 Å². The van der Waals surface area contributed by atoms with Gasteiger partial charge in [-0.1, -0.05) is 13.8 Å². The molecule has 2 unspecified atom stereocenters. The Kier molecular flexibility index (Phi) is 8.78. The van der Waals surface area contributed by atoms with Gasteiger partial charge < -0.3 is 20.2 Å². The van der Waals surface area contributed by atoms with Crippen LogP contribution in [0.4, 0.5) is 0 Å². The molecule has 0 amide bonds. The summed E-state index contributed by atoms with van der Waals surface area (Å²) in [6, 6.07) is 0.460. The molecule has 0 aromatic heterocycles. The van der Waals surface area contributed by atoms with Crippen LogP contribution in [0.15, 0.2) is 0 Å². The number of aliphatic hydroxyl groups is 1. The van der Waals surface area contributed by atoms with Crippen molar-refractivity contribution in [3.63, 3.8) is 0 Å². The van der Waals surface area contributed by atoms with Crippen LogP contribution in [0, 0.1) is 5.92 Å². The van der Waals surface area contributed by atoms with E-state index in [-0.39, 0.29) is 6.10 Å². The average Bonchev–Trinajstić information content (AvgIpc) is 2.11. The lowest BCUT2D eigenvalue weighted by atomic mass is 10.0. The summed E-state index contributed by atoms with van der Waals surface area (Å²) in [4.78, 5) is 4.20. The third-order valence-corrected chi connectivity index (χ3v) is 2.56. The first kappa shape index (κ1) is 16.8. The van der Waals surface area contributed by atoms with E-state index in [1.807, 2.05) is 19.0 Å². The second kappa shape index (κ2) is 8.86. The predicted molar refractivity (Wildman–Crippen MR) is 74.4 cm³/mol. The van der Waals surface area contributed by atoms with Gasteiger partial charge in [0.2, 0.25) is 0 Å². The van der Waals surface area contributed by atoms with Crippen LogP contribution >= 0.6 is 0 Å². The molecule has 0 saturated carbocycles. The lowest BCUT2D eigenvalue weighted by Gasteiger charge is -2.26. The number of hydrogen-bond acceptors (Lipinski definition) is 4. The van der Waals surface area contributed by atoms with Crippen molar-refractivity contribution in [2.75, 3.05) is 47.8 Å². The lowest BCUT2D eigenvalue weighted by Crippen LogP contribution is -2.44. The molecule has 0 radical (unpaired) electrons. The van der Waals surface area contributed by atoms with Gasteiger partial charge in [0.25, 0.3) is 0 Å². The molecule has 0 fully saturated rings. The van der Waals surface area contributed by atoms with Crippen LogP contribution in [0.25, 0.3) is 0 Å². The molecule has 104 valence electrons. The predicted octanol–water partition coefficient (Wildman–Crippen LogP) is 0.475. The number of rotatable bonds is 9. The molecular weight excluding hydrogens is 214 g/mol. The summed E-state index contributed by atoms with van der Waals surface area (Å²) in [5.41, 5.74) is 0. The molecule has 0 aromatic carbocycles. The standard InChI is InChI=1S/C13H31N3O/c1-11(2)7-12(9-15(3)4)14-8-13(17)10-16(5)6/h11-14,17H,7-10H2,1-6H3. The molecule has 0 aliphatic heterocycles. The van der Waals surface area contributed by atoms with Crippen molar-refractivity contribution in [1.29, 1.82) is 0 Å². The average molecular weight is 245 g/mol. The van der Waals surface area contributed by atoms with E-state index in [1.54, 1.807) is 0 Å². The summed E-state index contributed by atoms with van der Waals surface area (Å²) in [7, 11) is 8.14. The maximum Gasteiger partial charge on any atom is 0.0791 e. The minimum absolute atomic E-state index is 0.290. The van der Waals surface area contributed by atoms with Crippen LogP contribution in [-0.2, 0) is 0 Å². The highest BCUT2D eigenvalue weighted by Crippen LogP contribution is 2.05. The van der Waals surface area contributed by atoms with Crippen molar-refractivity contribution >= 4 is 0 Å². The summed E-state index contributed by atoms with van der Waals surface area (Å²) in [5, 5.41) is 13.3. The number of nitrogens with one attached hydrogen (secondary N) is 1. The van der Waals surface area contributed by atoms with E-state index in [0.29, 0.717) is 25.0 Å². The van der Waals surface area contributed by atoms with Crippen molar-refractivity contribution < 1.29 is 5.11 Å². The normalized spacial score (nSPS) is 15.9. The smallest absolute Gasteiger partial charge is 0.0791 e. The Morgan fingerprint density at radius 3 is 1.94 bits per heavy atom. The minimum Gasteiger partial charge on any atom is -0.390 e. The maximum atomic E-state index is 9.82. The minimum atomic E-state index is -0.290. The fraction of sp³-hybridized carbons (Fsp3) is 1.00. The topological polar surface area (TPSA) is 38.7 Å². The SMILES string of the molecule is CC(C)CC(CN(C)C)NCC(O)CN(C)C. The molecule has 2 atom stereocenters. The van der Waals surface area contributed by atoms with Gasteiger partial charge in [0.15, 0.2) is 0 Å². The van der Waals surface area contributed by atoms with Gasteiger partial charge in [-0.2, -0.15) is 0 Å². The van der Waals surface area contributed by atoms with Crippen LogP contribution < -0.4 is 5.32 Å². The van der Waals surface area contributed by atoms with E-state index in [2.05, 4.69) is 38.2 Å². The zero-order valence-electron chi connectivity index (χ0n) is 12.4. The lowest BCUT2D eigenvalue weighted by molar-refractivity contribution is 0.128. The molecule has 17 heavy (non-hydrogen) atoms.